The van der Waals surface area contributed by atoms with E-state index in [9.17, 15) is 4.79 Å². The Morgan fingerprint density at radius 3 is 2.75 bits per heavy atom. The zero-order valence-corrected chi connectivity index (χ0v) is 9.65. The zero-order chi connectivity index (χ0) is 12.1. The Morgan fingerprint density at radius 2 is 2.38 bits per heavy atom. The summed E-state index contributed by atoms with van der Waals surface area (Å²) in [6.07, 6.45) is 4.56. The first-order valence-electron chi connectivity index (χ1n) is 4.86. The van der Waals surface area contributed by atoms with E-state index in [1.165, 1.54) is 17.3 Å². The van der Waals surface area contributed by atoms with E-state index in [1.54, 1.807) is 27.0 Å². The fraction of sp³-hybridized carbons (Fsp3) is 0.273. The van der Waals surface area contributed by atoms with Crippen LogP contribution < -0.4 is 10.2 Å². The maximum atomic E-state index is 12.0. The van der Waals surface area contributed by atoms with Crippen LogP contribution in [0.25, 0.3) is 0 Å². The molecule has 86 valence electrons. The van der Waals surface area contributed by atoms with Gasteiger partial charge < -0.3 is 9.73 Å². The van der Waals surface area contributed by atoms with Gasteiger partial charge in [0.15, 0.2) is 5.89 Å². The molecule has 0 fully saturated rings. The molecule has 0 aliphatic carbocycles. The van der Waals surface area contributed by atoms with Crippen molar-refractivity contribution >= 4 is 11.8 Å². The predicted octanol–water partition coefficient (Wildman–Crippen LogP) is 1.58. The molecular formula is C11H15N3O2. The standard InChI is InChI=1S/C11H15N3O2/c1-5-9(12-4)11(15)14(6-2)10-7-13-8(3)16-10/h5-7,12H,2H2,1,3-4H3/b9-5+. The highest BCUT2D eigenvalue weighted by Crippen LogP contribution is 2.17. The van der Waals surface area contributed by atoms with Gasteiger partial charge in [0.25, 0.3) is 5.91 Å². The number of nitrogens with one attached hydrogen (secondary N) is 1. The molecule has 0 saturated heterocycles. The van der Waals surface area contributed by atoms with Crippen molar-refractivity contribution in [2.75, 3.05) is 11.9 Å². The number of carbonyl (C=O) groups excluding carboxylic acids is 1. The van der Waals surface area contributed by atoms with E-state index >= 15 is 0 Å². The van der Waals surface area contributed by atoms with E-state index in [-0.39, 0.29) is 5.91 Å². The molecule has 0 atom stereocenters. The number of rotatable bonds is 4. The maximum absolute atomic E-state index is 12.0. The van der Waals surface area contributed by atoms with Gasteiger partial charge >= 0.3 is 0 Å². The normalized spacial score (nSPS) is 11.1. The van der Waals surface area contributed by atoms with Gasteiger partial charge in [-0.25, -0.2) is 4.98 Å². The first-order valence-corrected chi connectivity index (χ1v) is 4.86. The smallest absolute Gasteiger partial charge is 0.280 e. The van der Waals surface area contributed by atoms with Gasteiger partial charge in [-0.05, 0) is 6.92 Å². The maximum Gasteiger partial charge on any atom is 0.280 e. The van der Waals surface area contributed by atoms with Crippen molar-refractivity contribution in [1.82, 2.24) is 10.3 Å². The van der Waals surface area contributed by atoms with Crippen molar-refractivity contribution in [3.8, 4) is 0 Å². The van der Waals surface area contributed by atoms with Crippen LogP contribution in [-0.4, -0.2) is 17.9 Å². The van der Waals surface area contributed by atoms with Crippen molar-refractivity contribution < 1.29 is 9.21 Å². The molecule has 0 spiro atoms. The highest BCUT2D eigenvalue weighted by Gasteiger charge is 2.19. The van der Waals surface area contributed by atoms with Crippen LogP contribution in [0.15, 0.2) is 35.2 Å². The topological polar surface area (TPSA) is 58.4 Å². The van der Waals surface area contributed by atoms with Gasteiger partial charge in [0.05, 0.1) is 11.9 Å². The van der Waals surface area contributed by atoms with Crippen LogP contribution in [0.2, 0.25) is 0 Å². The summed E-state index contributed by atoms with van der Waals surface area (Å²) < 4.78 is 5.26. The number of nitrogens with zero attached hydrogens (tertiary/aromatic N) is 2. The SMILES string of the molecule is C=CN(C(=O)/C(=C\C)NC)c1cnc(C)o1. The predicted molar refractivity (Wildman–Crippen MR) is 61.7 cm³/mol. The van der Waals surface area contributed by atoms with Crippen molar-refractivity contribution in [2.24, 2.45) is 0 Å². The number of carbonyl (C=O) groups is 1. The van der Waals surface area contributed by atoms with Gasteiger partial charge in [0.2, 0.25) is 5.88 Å². The number of oxazole rings is 1. The molecule has 1 aromatic heterocycles. The summed E-state index contributed by atoms with van der Waals surface area (Å²) in [5, 5.41) is 2.80. The van der Waals surface area contributed by atoms with Gasteiger partial charge in [-0.3, -0.25) is 9.69 Å². The molecule has 0 unspecified atom stereocenters. The molecule has 16 heavy (non-hydrogen) atoms. The van der Waals surface area contributed by atoms with Crippen LogP contribution in [0.5, 0.6) is 0 Å². The summed E-state index contributed by atoms with van der Waals surface area (Å²) in [6, 6.07) is 0. The molecule has 0 radical (unpaired) electrons. The number of amides is 1. The molecule has 1 amide bonds. The van der Waals surface area contributed by atoms with Crippen LogP contribution in [-0.2, 0) is 4.79 Å². The van der Waals surface area contributed by atoms with Gasteiger partial charge in [0.1, 0.15) is 0 Å². The van der Waals surface area contributed by atoms with Crippen LogP contribution in [0.3, 0.4) is 0 Å². The van der Waals surface area contributed by atoms with Crippen LogP contribution in [0.4, 0.5) is 5.88 Å². The van der Waals surface area contributed by atoms with E-state index in [1.807, 2.05) is 0 Å². The third-order valence-electron chi connectivity index (χ3n) is 2.04. The average molecular weight is 221 g/mol. The van der Waals surface area contributed by atoms with E-state index in [2.05, 4.69) is 16.9 Å². The molecule has 1 rings (SSSR count). The lowest BCUT2D eigenvalue weighted by atomic mass is 10.3. The van der Waals surface area contributed by atoms with E-state index in [0.29, 0.717) is 17.5 Å². The minimum atomic E-state index is -0.240. The summed E-state index contributed by atoms with van der Waals surface area (Å²) in [7, 11) is 1.68. The van der Waals surface area contributed by atoms with Crippen LogP contribution >= 0.6 is 0 Å². The summed E-state index contributed by atoms with van der Waals surface area (Å²) in [4.78, 5) is 17.2. The molecule has 0 aliphatic rings. The Kier molecular flexibility index (Phi) is 3.88. The average Bonchev–Trinajstić information content (AvgIpc) is 2.68. The van der Waals surface area contributed by atoms with Crippen LogP contribution in [0, 0.1) is 6.92 Å². The third kappa shape index (κ3) is 2.31. The second-order valence-corrected chi connectivity index (χ2v) is 3.03. The number of hydrogen-bond acceptors (Lipinski definition) is 4. The summed E-state index contributed by atoms with van der Waals surface area (Å²) in [5.74, 6) is 0.615. The van der Waals surface area contributed by atoms with Crippen molar-refractivity contribution in [1.29, 1.82) is 0 Å². The van der Waals surface area contributed by atoms with Crippen molar-refractivity contribution in [3.63, 3.8) is 0 Å². The van der Waals surface area contributed by atoms with E-state index in [4.69, 9.17) is 4.42 Å². The molecule has 1 N–H and O–H groups in total. The van der Waals surface area contributed by atoms with E-state index in [0.717, 1.165) is 0 Å². The summed E-state index contributed by atoms with van der Waals surface area (Å²) >= 11 is 0. The number of hydrogen-bond donors (Lipinski definition) is 1. The van der Waals surface area contributed by atoms with E-state index < -0.39 is 0 Å². The number of allylic oxidation sites excluding steroid dienone is 1. The Balaban J connectivity index is 2.99. The number of aromatic nitrogens is 1. The molecule has 0 aliphatic heterocycles. The van der Waals surface area contributed by atoms with Gasteiger partial charge in [0, 0.05) is 20.2 Å². The lowest BCUT2D eigenvalue weighted by Crippen LogP contribution is -2.31. The Labute approximate surface area is 94.5 Å². The zero-order valence-electron chi connectivity index (χ0n) is 9.65. The highest BCUT2D eigenvalue weighted by atomic mass is 16.4. The number of anilines is 1. The number of aryl methyl sites for hydroxylation is 1. The second kappa shape index (κ2) is 5.16. The lowest BCUT2D eigenvalue weighted by Gasteiger charge is -2.15. The third-order valence-corrected chi connectivity index (χ3v) is 2.04. The lowest BCUT2D eigenvalue weighted by molar-refractivity contribution is -0.115. The molecule has 1 aromatic rings. The minimum Gasteiger partial charge on any atom is -0.425 e. The quantitative estimate of drug-likeness (QED) is 0.784. The highest BCUT2D eigenvalue weighted by molar-refractivity contribution is 6.05. The summed E-state index contributed by atoms with van der Waals surface area (Å²) in [6.45, 7) is 7.07. The molecule has 0 saturated carbocycles. The number of likely N-dealkylation sites (N-methyl/N-ethyl adjacent to an activating group) is 1. The summed E-state index contributed by atoms with van der Waals surface area (Å²) in [5.41, 5.74) is 0.467. The first-order chi connectivity index (χ1) is 7.63. The fourth-order valence-electron chi connectivity index (χ4n) is 1.24. The molecule has 0 aromatic carbocycles. The fourth-order valence-corrected chi connectivity index (χ4v) is 1.24. The Bertz CT molecular complexity index is 421. The van der Waals surface area contributed by atoms with Gasteiger partial charge in [-0.2, -0.15) is 0 Å². The minimum absolute atomic E-state index is 0.240. The second-order valence-electron chi connectivity index (χ2n) is 3.03. The largest absolute Gasteiger partial charge is 0.425 e. The molecular weight excluding hydrogens is 206 g/mol. The van der Waals surface area contributed by atoms with Crippen LogP contribution in [0.1, 0.15) is 12.8 Å². The monoisotopic (exact) mass is 221 g/mol. The van der Waals surface area contributed by atoms with Gasteiger partial charge in [-0.1, -0.05) is 12.7 Å². The molecule has 0 bridgehead atoms. The first kappa shape index (κ1) is 12.0. The molecule has 5 heteroatoms. The Hall–Kier alpha value is -2.04. The molecule has 5 nitrogen and oxygen atoms in total. The van der Waals surface area contributed by atoms with Crippen molar-refractivity contribution in [2.45, 2.75) is 13.8 Å². The molecule has 1 heterocycles. The Morgan fingerprint density at radius 1 is 1.69 bits per heavy atom. The van der Waals surface area contributed by atoms with Gasteiger partial charge in [-0.15, -0.1) is 0 Å². The van der Waals surface area contributed by atoms with Crippen molar-refractivity contribution in [3.05, 3.63) is 36.6 Å².